The minimum Gasteiger partial charge on any atom is -0.495 e. The molecule has 0 unspecified atom stereocenters. The number of nitrogens with two attached hydrogens (primary N) is 1. The van der Waals surface area contributed by atoms with Crippen molar-refractivity contribution in [3.8, 4) is 16.9 Å². The third kappa shape index (κ3) is 1.97. The molecule has 0 spiro atoms. The average Bonchev–Trinajstić information content (AvgIpc) is 2.47. The highest BCUT2D eigenvalue weighted by Crippen LogP contribution is 2.39. The van der Waals surface area contributed by atoms with E-state index < -0.39 is 0 Å². The molecule has 0 amide bonds. The molecule has 1 aromatic heterocycles. The minimum atomic E-state index is 0.490. The van der Waals surface area contributed by atoms with Gasteiger partial charge in [0, 0.05) is 5.39 Å². The number of benzene rings is 2. The van der Waals surface area contributed by atoms with Crippen molar-refractivity contribution in [1.29, 1.82) is 0 Å². The van der Waals surface area contributed by atoms with Gasteiger partial charge in [-0.05, 0) is 24.6 Å². The molecule has 0 aliphatic heterocycles. The summed E-state index contributed by atoms with van der Waals surface area (Å²) in [7, 11) is 1.67. The molecule has 3 heteroatoms. The minimum absolute atomic E-state index is 0.490. The lowest BCUT2D eigenvalue weighted by Crippen LogP contribution is -1.99. The van der Waals surface area contributed by atoms with E-state index in [4.69, 9.17) is 10.5 Å². The summed E-state index contributed by atoms with van der Waals surface area (Å²) in [6, 6.07) is 16.0. The van der Waals surface area contributed by atoms with E-state index in [1.165, 1.54) is 5.56 Å². The van der Waals surface area contributed by atoms with E-state index in [2.05, 4.69) is 18.0 Å². The van der Waals surface area contributed by atoms with E-state index in [-0.39, 0.29) is 0 Å². The van der Waals surface area contributed by atoms with Crippen LogP contribution in [0.2, 0.25) is 0 Å². The van der Waals surface area contributed by atoms with Crippen LogP contribution >= 0.6 is 0 Å². The maximum atomic E-state index is 6.14. The van der Waals surface area contributed by atoms with Gasteiger partial charge in [0.1, 0.15) is 11.6 Å². The number of hydrogen-bond acceptors (Lipinski definition) is 3. The molecule has 20 heavy (non-hydrogen) atoms. The molecule has 0 fully saturated rings. The number of hydrogen-bond donors (Lipinski definition) is 1. The zero-order valence-corrected chi connectivity index (χ0v) is 11.6. The standard InChI is InChI=1S/C17H16N2O/c1-11-8-9-14-13(10-11)16(20-2)15(17(18)19-14)12-6-4-3-5-7-12/h3-10H,1-2H3,(H2,18,19). The molecule has 1 heterocycles. The Morgan fingerprint density at radius 2 is 1.80 bits per heavy atom. The predicted octanol–water partition coefficient (Wildman–Crippen LogP) is 3.80. The molecule has 0 saturated heterocycles. The summed E-state index contributed by atoms with van der Waals surface area (Å²) in [5.74, 6) is 1.27. The van der Waals surface area contributed by atoms with Gasteiger partial charge >= 0.3 is 0 Å². The number of nitrogens with zero attached hydrogens (tertiary/aromatic N) is 1. The topological polar surface area (TPSA) is 48.1 Å². The summed E-state index contributed by atoms with van der Waals surface area (Å²) >= 11 is 0. The maximum Gasteiger partial charge on any atom is 0.139 e. The molecule has 0 aliphatic carbocycles. The van der Waals surface area contributed by atoms with Crippen molar-refractivity contribution in [1.82, 2.24) is 4.98 Å². The van der Waals surface area contributed by atoms with Crippen LogP contribution in [0, 0.1) is 6.92 Å². The van der Waals surface area contributed by atoms with Gasteiger partial charge in [0.05, 0.1) is 18.2 Å². The van der Waals surface area contributed by atoms with Crippen molar-refractivity contribution in [2.75, 3.05) is 12.8 Å². The van der Waals surface area contributed by atoms with Crippen LogP contribution in [0.5, 0.6) is 5.75 Å². The summed E-state index contributed by atoms with van der Waals surface area (Å²) in [5, 5.41) is 0.987. The number of ether oxygens (including phenoxy) is 1. The van der Waals surface area contributed by atoms with Gasteiger partial charge < -0.3 is 10.5 Å². The van der Waals surface area contributed by atoms with Gasteiger partial charge in [-0.15, -0.1) is 0 Å². The number of fused-ring (bicyclic) bond motifs is 1. The summed E-state index contributed by atoms with van der Waals surface area (Å²) in [6.45, 7) is 2.05. The second-order valence-electron chi connectivity index (χ2n) is 4.79. The number of pyridine rings is 1. The number of methoxy groups -OCH3 is 1. The first-order valence-electron chi connectivity index (χ1n) is 6.50. The largest absolute Gasteiger partial charge is 0.495 e. The molecular formula is C17H16N2O. The van der Waals surface area contributed by atoms with E-state index in [1.54, 1.807) is 7.11 Å². The fraction of sp³-hybridized carbons (Fsp3) is 0.118. The van der Waals surface area contributed by atoms with Crippen molar-refractivity contribution in [3.05, 3.63) is 54.1 Å². The predicted molar refractivity (Wildman–Crippen MR) is 82.9 cm³/mol. The second-order valence-corrected chi connectivity index (χ2v) is 4.79. The van der Waals surface area contributed by atoms with Crippen LogP contribution < -0.4 is 10.5 Å². The highest BCUT2D eigenvalue weighted by atomic mass is 16.5. The Morgan fingerprint density at radius 1 is 1.05 bits per heavy atom. The zero-order chi connectivity index (χ0) is 14.1. The van der Waals surface area contributed by atoms with E-state index in [0.717, 1.165) is 27.8 Å². The lowest BCUT2D eigenvalue weighted by atomic mass is 10.0. The molecule has 3 aromatic rings. The lowest BCUT2D eigenvalue weighted by molar-refractivity contribution is 0.421. The summed E-state index contributed by atoms with van der Waals surface area (Å²) in [4.78, 5) is 4.50. The number of rotatable bonds is 2. The van der Waals surface area contributed by atoms with Gasteiger partial charge in [0.2, 0.25) is 0 Å². The van der Waals surface area contributed by atoms with Crippen LogP contribution in [0.25, 0.3) is 22.0 Å². The van der Waals surface area contributed by atoms with Crippen molar-refractivity contribution >= 4 is 16.7 Å². The van der Waals surface area contributed by atoms with E-state index in [1.807, 2.05) is 42.5 Å². The van der Waals surface area contributed by atoms with Crippen molar-refractivity contribution in [2.45, 2.75) is 6.92 Å². The van der Waals surface area contributed by atoms with Crippen LogP contribution in [-0.4, -0.2) is 12.1 Å². The van der Waals surface area contributed by atoms with Gasteiger partial charge in [0.15, 0.2) is 0 Å². The first-order valence-corrected chi connectivity index (χ1v) is 6.50. The Bertz CT molecular complexity index is 767. The van der Waals surface area contributed by atoms with E-state index in [9.17, 15) is 0 Å². The Balaban J connectivity index is 2.39. The molecule has 0 radical (unpaired) electrons. The molecule has 0 atom stereocenters. The fourth-order valence-electron chi connectivity index (χ4n) is 2.46. The molecule has 3 rings (SSSR count). The number of anilines is 1. The van der Waals surface area contributed by atoms with Gasteiger partial charge in [-0.2, -0.15) is 0 Å². The first-order chi connectivity index (χ1) is 9.70. The normalized spacial score (nSPS) is 10.7. The third-order valence-corrected chi connectivity index (χ3v) is 3.39. The third-order valence-electron chi connectivity index (χ3n) is 3.39. The van der Waals surface area contributed by atoms with Gasteiger partial charge in [-0.3, -0.25) is 0 Å². The molecule has 2 aromatic carbocycles. The monoisotopic (exact) mass is 264 g/mol. The van der Waals surface area contributed by atoms with Crippen LogP contribution in [0.15, 0.2) is 48.5 Å². The lowest BCUT2D eigenvalue weighted by Gasteiger charge is -2.14. The Hall–Kier alpha value is -2.55. The van der Waals surface area contributed by atoms with Gasteiger partial charge in [-0.25, -0.2) is 4.98 Å². The zero-order valence-electron chi connectivity index (χ0n) is 11.6. The van der Waals surface area contributed by atoms with Crippen LogP contribution in [0.1, 0.15) is 5.56 Å². The quantitative estimate of drug-likeness (QED) is 0.765. The van der Waals surface area contributed by atoms with Crippen molar-refractivity contribution in [2.24, 2.45) is 0 Å². The van der Waals surface area contributed by atoms with Crippen LogP contribution in [0.4, 0.5) is 5.82 Å². The molecule has 0 saturated carbocycles. The Kier molecular flexibility index (Phi) is 3.03. The van der Waals surface area contributed by atoms with E-state index >= 15 is 0 Å². The summed E-state index contributed by atoms with van der Waals surface area (Å²) in [6.07, 6.45) is 0. The van der Waals surface area contributed by atoms with Crippen molar-refractivity contribution < 1.29 is 4.74 Å². The Labute approximate surface area is 118 Å². The highest BCUT2D eigenvalue weighted by molar-refractivity contribution is 5.97. The molecule has 0 aliphatic rings. The second kappa shape index (κ2) is 4.85. The molecule has 3 nitrogen and oxygen atoms in total. The average molecular weight is 264 g/mol. The van der Waals surface area contributed by atoms with Crippen LogP contribution in [0.3, 0.4) is 0 Å². The maximum absolute atomic E-state index is 6.14. The summed E-state index contributed by atoms with van der Waals surface area (Å²) in [5.41, 5.74) is 10.0. The number of nitrogen functional groups attached to an aromatic ring is 1. The van der Waals surface area contributed by atoms with E-state index in [0.29, 0.717) is 5.82 Å². The molecule has 100 valence electrons. The van der Waals surface area contributed by atoms with Gasteiger partial charge in [0.25, 0.3) is 0 Å². The Morgan fingerprint density at radius 3 is 2.50 bits per heavy atom. The highest BCUT2D eigenvalue weighted by Gasteiger charge is 2.15. The number of aryl methyl sites for hydroxylation is 1. The molecule has 2 N–H and O–H groups in total. The molecular weight excluding hydrogens is 248 g/mol. The number of aromatic nitrogens is 1. The first kappa shape index (κ1) is 12.5. The SMILES string of the molecule is COc1c(-c2ccccc2)c(N)nc2ccc(C)cc12. The fourth-order valence-corrected chi connectivity index (χ4v) is 2.46. The molecule has 0 bridgehead atoms. The smallest absolute Gasteiger partial charge is 0.139 e. The van der Waals surface area contributed by atoms with Crippen molar-refractivity contribution in [3.63, 3.8) is 0 Å². The van der Waals surface area contributed by atoms with Gasteiger partial charge in [-0.1, -0.05) is 42.0 Å². The van der Waals surface area contributed by atoms with Crippen LogP contribution in [-0.2, 0) is 0 Å². The summed E-state index contributed by atoms with van der Waals surface area (Å²) < 4.78 is 5.63.